The first-order chi connectivity index (χ1) is 9.82. The number of piperazine rings is 1. The van der Waals surface area contributed by atoms with Crippen molar-refractivity contribution in [3.63, 3.8) is 0 Å². The van der Waals surface area contributed by atoms with Gasteiger partial charge in [0.05, 0.1) is 7.11 Å². The van der Waals surface area contributed by atoms with Crippen LogP contribution in [0.5, 0.6) is 5.75 Å². The van der Waals surface area contributed by atoms with Gasteiger partial charge in [-0.2, -0.15) is 0 Å². The summed E-state index contributed by atoms with van der Waals surface area (Å²) in [7, 11) is 1.57. The highest BCUT2D eigenvalue weighted by atomic mass is 79.9. The average molecular weight is 355 g/mol. The molecule has 1 aliphatic heterocycles. The van der Waals surface area contributed by atoms with E-state index < -0.39 is 11.6 Å². The first-order valence-electron chi connectivity index (χ1n) is 6.82. The molecular formula is C15H19BrN2O3. The number of benzene rings is 1. The maximum Gasteiger partial charge on any atom is 0.253 e. The summed E-state index contributed by atoms with van der Waals surface area (Å²) in [5, 5.41) is 2.81. The van der Waals surface area contributed by atoms with Gasteiger partial charge in [-0.3, -0.25) is 14.5 Å². The number of carbonyl (C=O) groups excluding carboxylic acids is 2. The summed E-state index contributed by atoms with van der Waals surface area (Å²) in [5.41, 5.74) is -0.229. The lowest BCUT2D eigenvalue weighted by Gasteiger charge is -2.43. The van der Waals surface area contributed by atoms with Crippen molar-refractivity contribution in [2.75, 3.05) is 12.0 Å². The van der Waals surface area contributed by atoms with Crippen molar-refractivity contribution in [1.82, 2.24) is 5.32 Å². The Balaban J connectivity index is 2.51. The molecule has 5 nitrogen and oxygen atoms in total. The van der Waals surface area contributed by atoms with Gasteiger partial charge in [0.15, 0.2) is 0 Å². The molecule has 0 radical (unpaired) electrons. The lowest BCUT2D eigenvalue weighted by atomic mass is 9.92. The fourth-order valence-electron chi connectivity index (χ4n) is 2.37. The number of carbonyl (C=O) groups is 2. The van der Waals surface area contributed by atoms with Crippen LogP contribution in [0, 0.1) is 0 Å². The number of hydrogen-bond donors (Lipinski definition) is 1. The highest BCUT2D eigenvalue weighted by molar-refractivity contribution is 9.10. The van der Waals surface area contributed by atoms with Crippen LogP contribution >= 0.6 is 15.9 Å². The summed E-state index contributed by atoms with van der Waals surface area (Å²) in [6, 6.07) is 4.82. The van der Waals surface area contributed by atoms with E-state index in [-0.39, 0.29) is 11.8 Å². The third-order valence-electron chi connectivity index (χ3n) is 3.93. The SMILES string of the molecule is CCC1(C)NC(=O)C(C)N(c2cc(Br)cc(OC)c2)C1=O. The van der Waals surface area contributed by atoms with E-state index in [0.717, 1.165) is 4.47 Å². The van der Waals surface area contributed by atoms with Crippen molar-refractivity contribution in [1.29, 1.82) is 0 Å². The van der Waals surface area contributed by atoms with Gasteiger partial charge in [0.25, 0.3) is 5.91 Å². The van der Waals surface area contributed by atoms with Gasteiger partial charge >= 0.3 is 0 Å². The minimum Gasteiger partial charge on any atom is -0.497 e. The lowest BCUT2D eigenvalue weighted by Crippen LogP contribution is -2.68. The van der Waals surface area contributed by atoms with Gasteiger partial charge in [-0.15, -0.1) is 0 Å². The zero-order valence-corrected chi connectivity index (χ0v) is 14.2. The predicted molar refractivity (Wildman–Crippen MR) is 84.5 cm³/mol. The van der Waals surface area contributed by atoms with Gasteiger partial charge in [-0.25, -0.2) is 0 Å². The molecule has 0 aromatic heterocycles. The van der Waals surface area contributed by atoms with Crippen LogP contribution in [-0.4, -0.2) is 30.5 Å². The molecule has 0 saturated carbocycles. The molecule has 0 aliphatic carbocycles. The average Bonchev–Trinajstić information content (AvgIpc) is 2.45. The smallest absolute Gasteiger partial charge is 0.253 e. The normalized spacial score (nSPS) is 25.8. The Morgan fingerprint density at radius 3 is 2.62 bits per heavy atom. The number of rotatable bonds is 3. The molecule has 21 heavy (non-hydrogen) atoms. The zero-order valence-electron chi connectivity index (χ0n) is 12.6. The number of methoxy groups -OCH3 is 1. The Morgan fingerprint density at radius 2 is 2.05 bits per heavy atom. The van der Waals surface area contributed by atoms with Gasteiger partial charge in [-0.1, -0.05) is 22.9 Å². The van der Waals surface area contributed by atoms with Crippen LogP contribution in [0.2, 0.25) is 0 Å². The van der Waals surface area contributed by atoms with E-state index in [2.05, 4.69) is 21.2 Å². The highest BCUT2D eigenvalue weighted by Crippen LogP contribution is 2.32. The molecule has 2 atom stereocenters. The van der Waals surface area contributed by atoms with E-state index >= 15 is 0 Å². The van der Waals surface area contributed by atoms with Crippen molar-refractivity contribution >= 4 is 33.4 Å². The molecule has 1 fully saturated rings. The second kappa shape index (κ2) is 5.67. The van der Waals surface area contributed by atoms with Crippen LogP contribution in [0.1, 0.15) is 27.2 Å². The standard InChI is InChI=1S/C15H19BrN2O3/c1-5-15(3)14(20)18(9(2)13(19)17-15)11-6-10(16)7-12(8-11)21-4/h6-9H,5H2,1-4H3,(H,17,19). The Hall–Kier alpha value is -1.56. The van der Waals surface area contributed by atoms with E-state index in [9.17, 15) is 9.59 Å². The lowest BCUT2D eigenvalue weighted by molar-refractivity contribution is -0.137. The van der Waals surface area contributed by atoms with Crippen molar-refractivity contribution < 1.29 is 14.3 Å². The Kier molecular flexibility index (Phi) is 4.27. The van der Waals surface area contributed by atoms with E-state index in [0.29, 0.717) is 17.9 Å². The minimum absolute atomic E-state index is 0.114. The van der Waals surface area contributed by atoms with Gasteiger partial charge in [0, 0.05) is 16.2 Å². The molecule has 1 aromatic carbocycles. The number of nitrogens with one attached hydrogen (secondary N) is 1. The van der Waals surface area contributed by atoms with Crippen molar-refractivity contribution in [3.8, 4) is 5.75 Å². The molecule has 1 aliphatic rings. The fraction of sp³-hybridized carbons (Fsp3) is 0.467. The van der Waals surface area contributed by atoms with Crippen molar-refractivity contribution in [2.24, 2.45) is 0 Å². The third kappa shape index (κ3) is 2.77. The second-order valence-electron chi connectivity index (χ2n) is 5.38. The predicted octanol–water partition coefficient (Wildman–Crippen LogP) is 2.48. The summed E-state index contributed by atoms with van der Waals surface area (Å²) in [6.45, 7) is 5.35. The molecule has 6 heteroatoms. The summed E-state index contributed by atoms with van der Waals surface area (Å²) in [5.74, 6) is 0.360. The molecule has 2 amide bonds. The zero-order chi connectivity index (χ0) is 15.8. The summed E-state index contributed by atoms with van der Waals surface area (Å²) in [6.07, 6.45) is 0.534. The monoisotopic (exact) mass is 354 g/mol. The molecule has 2 unspecified atom stereocenters. The second-order valence-corrected chi connectivity index (χ2v) is 6.29. The van der Waals surface area contributed by atoms with Crippen molar-refractivity contribution in [2.45, 2.75) is 38.8 Å². The molecule has 1 N–H and O–H groups in total. The summed E-state index contributed by atoms with van der Waals surface area (Å²) in [4.78, 5) is 26.5. The fourth-order valence-corrected chi connectivity index (χ4v) is 2.83. The Morgan fingerprint density at radius 1 is 1.38 bits per heavy atom. The van der Waals surface area contributed by atoms with Crippen molar-refractivity contribution in [3.05, 3.63) is 22.7 Å². The molecule has 114 valence electrons. The molecular weight excluding hydrogens is 336 g/mol. The van der Waals surface area contributed by atoms with Crippen LogP contribution in [0.15, 0.2) is 22.7 Å². The van der Waals surface area contributed by atoms with Crippen LogP contribution in [-0.2, 0) is 9.59 Å². The topological polar surface area (TPSA) is 58.6 Å². The number of ether oxygens (including phenoxy) is 1. The van der Waals surface area contributed by atoms with E-state index in [4.69, 9.17) is 4.74 Å². The van der Waals surface area contributed by atoms with Gasteiger partial charge in [0.2, 0.25) is 5.91 Å². The molecule has 0 spiro atoms. The molecule has 1 aromatic rings. The van der Waals surface area contributed by atoms with Gasteiger partial charge in [-0.05, 0) is 32.4 Å². The summed E-state index contributed by atoms with van der Waals surface area (Å²) < 4.78 is 6.03. The van der Waals surface area contributed by atoms with Crippen LogP contribution in [0.25, 0.3) is 0 Å². The quantitative estimate of drug-likeness (QED) is 0.906. The number of amides is 2. The molecule has 0 bridgehead atoms. The number of nitrogens with zero attached hydrogens (tertiary/aromatic N) is 1. The van der Waals surface area contributed by atoms with Crippen LogP contribution in [0.4, 0.5) is 5.69 Å². The van der Waals surface area contributed by atoms with Gasteiger partial charge in [0.1, 0.15) is 17.3 Å². The maximum atomic E-state index is 12.8. The largest absolute Gasteiger partial charge is 0.497 e. The van der Waals surface area contributed by atoms with E-state index in [1.165, 1.54) is 4.90 Å². The molecule has 1 heterocycles. The maximum absolute atomic E-state index is 12.8. The number of hydrogen-bond acceptors (Lipinski definition) is 3. The van der Waals surface area contributed by atoms with E-state index in [1.54, 1.807) is 27.0 Å². The number of anilines is 1. The number of halogens is 1. The summed E-state index contributed by atoms with van der Waals surface area (Å²) >= 11 is 3.40. The third-order valence-corrected chi connectivity index (χ3v) is 4.39. The van der Waals surface area contributed by atoms with Crippen LogP contribution < -0.4 is 15.0 Å². The molecule has 1 saturated heterocycles. The Bertz CT molecular complexity index is 590. The Labute approximate surface area is 132 Å². The van der Waals surface area contributed by atoms with E-state index in [1.807, 2.05) is 19.1 Å². The first kappa shape index (κ1) is 15.8. The van der Waals surface area contributed by atoms with Gasteiger partial charge < -0.3 is 10.1 Å². The van der Waals surface area contributed by atoms with Crippen LogP contribution in [0.3, 0.4) is 0 Å². The highest BCUT2D eigenvalue weighted by Gasteiger charge is 2.46. The first-order valence-corrected chi connectivity index (χ1v) is 7.62. The molecule has 2 rings (SSSR count). The minimum atomic E-state index is -0.876.